The number of aryl methyl sites for hydroxylation is 1. The second kappa shape index (κ2) is 7.36. The SMILES string of the molecule is Cc1ccc(C(=O)N[C@@H]2C[C@@H]3C[C@H]([C@H]2C)C3(C)C)cc1S(=O)(=O)N1CCOCC1. The molecular weight excluding hydrogens is 388 g/mol. The van der Waals surface area contributed by atoms with Crippen LogP contribution in [0, 0.1) is 30.1 Å². The number of nitrogens with one attached hydrogen (secondary N) is 1. The highest BCUT2D eigenvalue weighted by molar-refractivity contribution is 7.89. The number of hydrogen-bond donors (Lipinski definition) is 1. The third-order valence-electron chi connectivity index (χ3n) is 7.71. The van der Waals surface area contributed by atoms with Crippen molar-refractivity contribution in [2.75, 3.05) is 26.3 Å². The number of carbonyl (C=O) groups excluding carboxylic acids is 1. The van der Waals surface area contributed by atoms with Crippen LogP contribution in [-0.4, -0.2) is 51.0 Å². The Balaban J connectivity index is 1.52. The van der Waals surface area contributed by atoms with Crippen molar-refractivity contribution in [3.05, 3.63) is 29.3 Å². The fourth-order valence-electron chi connectivity index (χ4n) is 5.54. The van der Waals surface area contributed by atoms with Gasteiger partial charge in [-0.25, -0.2) is 8.42 Å². The van der Waals surface area contributed by atoms with Crippen molar-refractivity contribution in [3.8, 4) is 0 Å². The van der Waals surface area contributed by atoms with Crippen LogP contribution in [0.4, 0.5) is 0 Å². The highest BCUT2D eigenvalue weighted by atomic mass is 32.2. The molecule has 0 spiro atoms. The number of nitrogens with zero attached hydrogens (tertiary/aromatic N) is 1. The van der Waals surface area contributed by atoms with E-state index in [1.807, 2.05) is 0 Å². The Bertz CT molecular complexity index is 905. The number of benzene rings is 1. The first-order valence-electron chi connectivity index (χ1n) is 10.6. The van der Waals surface area contributed by atoms with E-state index >= 15 is 0 Å². The van der Waals surface area contributed by atoms with E-state index < -0.39 is 10.0 Å². The number of ether oxygens (including phenoxy) is 1. The molecule has 1 aliphatic heterocycles. The van der Waals surface area contributed by atoms with Gasteiger partial charge in [-0.3, -0.25) is 4.79 Å². The minimum absolute atomic E-state index is 0.153. The molecule has 0 radical (unpaired) electrons. The van der Waals surface area contributed by atoms with Gasteiger partial charge in [0.15, 0.2) is 0 Å². The van der Waals surface area contributed by atoms with Gasteiger partial charge >= 0.3 is 0 Å². The van der Waals surface area contributed by atoms with Gasteiger partial charge in [-0.15, -0.1) is 0 Å². The highest BCUT2D eigenvalue weighted by Crippen LogP contribution is 2.61. The largest absolute Gasteiger partial charge is 0.379 e. The Morgan fingerprint density at radius 2 is 1.90 bits per heavy atom. The smallest absolute Gasteiger partial charge is 0.251 e. The third-order valence-corrected chi connectivity index (χ3v) is 9.75. The molecule has 29 heavy (non-hydrogen) atoms. The summed E-state index contributed by atoms with van der Waals surface area (Å²) in [6.45, 7) is 10.2. The maximum Gasteiger partial charge on any atom is 0.251 e. The lowest BCUT2D eigenvalue weighted by Gasteiger charge is -2.62. The summed E-state index contributed by atoms with van der Waals surface area (Å²) < 4.78 is 32.9. The molecule has 1 aromatic carbocycles. The second-order valence-electron chi connectivity index (χ2n) is 9.53. The van der Waals surface area contributed by atoms with Gasteiger partial charge in [0.2, 0.25) is 10.0 Å². The van der Waals surface area contributed by atoms with Crippen LogP contribution in [0.25, 0.3) is 0 Å². The number of morpholine rings is 1. The number of rotatable bonds is 4. The zero-order valence-electron chi connectivity index (χ0n) is 17.8. The van der Waals surface area contributed by atoms with E-state index in [9.17, 15) is 13.2 Å². The molecule has 3 saturated carbocycles. The summed E-state index contributed by atoms with van der Waals surface area (Å²) >= 11 is 0. The average molecular weight is 421 g/mol. The molecule has 1 heterocycles. The van der Waals surface area contributed by atoms with Crippen LogP contribution < -0.4 is 5.32 Å². The van der Waals surface area contributed by atoms with E-state index in [1.54, 1.807) is 19.1 Å². The molecular formula is C22H32N2O4S. The Labute approximate surface area is 174 Å². The predicted molar refractivity (Wildman–Crippen MR) is 111 cm³/mol. The van der Waals surface area contributed by atoms with Gasteiger partial charge in [0.05, 0.1) is 18.1 Å². The number of fused-ring (bicyclic) bond motifs is 2. The average Bonchev–Trinajstić information content (AvgIpc) is 2.69. The lowest BCUT2D eigenvalue weighted by Crippen LogP contribution is -2.60. The zero-order chi connectivity index (χ0) is 21.0. The van der Waals surface area contributed by atoms with E-state index in [4.69, 9.17) is 4.74 Å². The summed E-state index contributed by atoms with van der Waals surface area (Å²) in [7, 11) is -3.64. The molecule has 5 rings (SSSR count). The van der Waals surface area contributed by atoms with Crippen molar-refractivity contribution in [2.45, 2.75) is 51.5 Å². The molecule has 1 N–H and O–H groups in total. The minimum Gasteiger partial charge on any atom is -0.379 e. The van der Waals surface area contributed by atoms with Crippen LogP contribution in [0.15, 0.2) is 23.1 Å². The summed E-state index contributed by atoms with van der Waals surface area (Å²) in [6.07, 6.45) is 2.26. The molecule has 6 nitrogen and oxygen atoms in total. The summed E-state index contributed by atoms with van der Waals surface area (Å²) in [5.41, 5.74) is 1.43. The van der Waals surface area contributed by atoms with Crippen LogP contribution in [0.2, 0.25) is 0 Å². The number of hydrogen-bond acceptors (Lipinski definition) is 4. The van der Waals surface area contributed by atoms with Gasteiger partial charge in [0, 0.05) is 24.7 Å². The number of carbonyl (C=O) groups is 1. The Morgan fingerprint density at radius 1 is 1.21 bits per heavy atom. The van der Waals surface area contributed by atoms with E-state index in [2.05, 4.69) is 26.1 Å². The van der Waals surface area contributed by atoms with Crippen LogP contribution >= 0.6 is 0 Å². The van der Waals surface area contributed by atoms with Crippen LogP contribution in [0.1, 0.15) is 49.5 Å². The molecule has 160 valence electrons. The lowest BCUT2D eigenvalue weighted by molar-refractivity contribution is -0.113. The third kappa shape index (κ3) is 3.51. The maximum absolute atomic E-state index is 13.1. The summed E-state index contributed by atoms with van der Waals surface area (Å²) in [4.78, 5) is 13.2. The van der Waals surface area contributed by atoms with Crippen molar-refractivity contribution in [2.24, 2.45) is 23.2 Å². The van der Waals surface area contributed by atoms with E-state index in [-0.39, 0.29) is 16.8 Å². The molecule has 4 fully saturated rings. The minimum atomic E-state index is -3.64. The van der Waals surface area contributed by atoms with Crippen molar-refractivity contribution >= 4 is 15.9 Å². The van der Waals surface area contributed by atoms with Gasteiger partial charge in [-0.2, -0.15) is 4.31 Å². The number of amides is 1. The van der Waals surface area contributed by atoms with Crippen molar-refractivity contribution in [1.29, 1.82) is 0 Å². The molecule has 1 saturated heterocycles. The predicted octanol–water partition coefficient (Wildman–Crippen LogP) is 2.82. The summed E-state index contributed by atoms with van der Waals surface area (Å²) in [6, 6.07) is 5.14. The molecule has 1 amide bonds. The normalized spacial score (nSPS) is 31.7. The fraction of sp³-hybridized carbons (Fsp3) is 0.682. The van der Waals surface area contributed by atoms with E-state index in [0.717, 1.165) is 6.42 Å². The Kier molecular flexibility index (Phi) is 5.28. The quantitative estimate of drug-likeness (QED) is 0.813. The topological polar surface area (TPSA) is 75.7 Å². The lowest BCUT2D eigenvalue weighted by atomic mass is 9.45. The summed E-state index contributed by atoms with van der Waals surface area (Å²) in [5, 5.41) is 3.19. The van der Waals surface area contributed by atoms with Crippen LogP contribution in [-0.2, 0) is 14.8 Å². The van der Waals surface area contributed by atoms with E-state index in [0.29, 0.717) is 60.6 Å². The first kappa shape index (κ1) is 20.8. The molecule has 3 aliphatic carbocycles. The molecule has 0 unspecified atom stereocenters. The van der Waals surface area contributed by atoms with Gasteiger partial charge in [0.1, 0.15) is 0 Å². The maximum atomic E-state index is 13.1. The van der Waals surface area contributed by atoms with Crippen molar-refractivity contribution < 1.29 is 17.9 Å². The van der Waals surface area contributed by atoms with Gasteiger partial charge in [-0.05, 0) is 60.6 Å². The Morgan fingerprint density at radius 3 is 2.52 bits per heavy atom. The second-order valence-corrected chi connectivity index (χ2v) is 11.4. The molecule has 0 aromatic heterocycles. The van der Waals surface area contributed by atoms with Gasteiger partial charge in [-0.1, -0.05) is 26.8 Å². The highest BCUT2D eigenvalue weighted by Gasteiger charge is 2.56. The first-order valence-corrected chi connectivity index (χ1v) is 12.1. The van der Waals surface area contributed by atoms with Crippen molar-refractivity contribution in [1.82, 2.24) is 9.62 Å². The monoisotopic (exact) mass is 420 g/mol. The van der Waals surface area contributed by atoms with E-state index in [1.165, 1.54) is 16.8 Å². The number of sulfonamides is 1. The molecule has 2 bridgehead atoms. The first-order chi connectivity index (χ1) is 13.6. The molecule has 4 aliphatic rings. The molecule has 4 atom stereocenters. The standard InChI is InChI=1S/C22H32N2O4S/c1-14-5-6-16(11-20(14)29(26,27)24-7-9-28-10-8-24)21(25)23-19-13-17-12-18(15(19)2)22(17,3)4/h5-6,11,15,17-19H,7-10,12-13H2,1-4H3,(H,23,25)/t15-,17+,18-,19-/m1/s1. The van der Waals surface area contributed by atoms with Gasteiger partial charge < -0.3 is 10.1 Å². The molecule has 1 aromatic rings. The van der Waals surface area contributed by atoms with Crippen molar-refractivity contribution in [3.63, 3.8) is 0 Å². The van der Waals surface area contributed by atoms with Crippen LogP contribution in [0.5, 0.6) is 0 Å². The van der Waals surface area contributed by atoms with Gasteiger partial charge in [0.25, 0.3) is 5.91 Å². The molecule has 7 heteroatoms. The Hall–Kier alpha value is -1.44. The summed E-state index contributed by atoms with van der Waals surface area (Å²) in [5.74, 6) is 1.55. The zero-order valence-corrected chi connectivity index (χ0v) is 18.6. The van der Waals surface area contributed by atoms with Crippen LogP contribution in [0.3, 0.4) is 0 Å². The fourth-order valence-corrected chi connectivity index (χ4v) is 7.20.